The molecule has 1 rings (SSSR count). The van der Waals surface area contributed by atoms with Crippen molar-refractivity contribution in [3.05, 3.63) is 35.9 Å². The van der Waals surface area contributed by atoms with E-state index in [4.69, 9.17) is 0 Å². The lowest BCUT2D eigenvalue weighted by Crippen LogP contribution is -2.21. The van der Waals surface area contributed by atoms with Gasteiger partial charge >= 0.3 is 0 Å². The average molecular weight is 257 g/mol. The molecule has 0 radical (unpaired) electrons. The molecule has 2 nitrogen and oxygen atoms in total. The minimum atomic E-state index is -0.761. The highest BCUT2D eigenvalue weighted by molar-refractivity contribution is 9.10. The zero-order valence-electron chi connectivity index (χ0n) is 7.98. The second-order valence-electron chi connectivity index (χ2n) is 3.08. The molecule has 1 N–H and O–H groups in total. The van der Waals surface area contributed by atoms with Crippen LogP contribution in [0.15, 0.2) is 30.3 Å². The van der Waals surface area contributed by atoms with Crippen molar-refractivity contribution in [2.45, 2.75) is 24.3 Å². The molecular formula is C11H13BrO2. The number of benzene rings is 1. The summed E-state index contributed by atoms with van der Waals surface area (Å²) in [5, 5.41) is 9.82. The molecule has 14 heavy (non-hydrogen) atoms. The van der Waals surface area contributed by atoms with Crippen molar-refractivity contribution < 1.29 is 9.90 Å². The lowest BCUT2D eigenvalue weighted by atomic mass is 10.0. The Balaban J connectivity index is 2.75. The number of carbonyl (C=O) groups is 1. The van der Waals surface area contributed by atoms with E-state index in [1.165, 1.54) is 0 Å². The fourth-order valence-electron chi connectivity index (χ4n) is 1.19. The molecule has 0 heterocycles. The number of aliphatic hydroxyl groups is 1. The fraction of sp³-hybridized carbons (Fsp3) is 0.364. The largest absolute Gasteiger partial charge is 0.387 e. The number of hydrogen-bond donors (Lipinski definition) is 1. The van der Waals surface area contributed by atoms with Crippen molar-refractivity contribution in [3.8, 4) is 0 Å². The van der Waals surface area contributed by atoms with Crippen LogP contribution >= 0.6 is 15.9 Å². The maximum absolute atomic E-state index is 11.3. The molecule has 1 aromatic rings. The van der Waals surface area contributed by atoms with Crippen molar-refractivity contribution in [2.24, 2.45) is 0 Å². The van der Waals surface area contributed by atoms with E-state index in [9.17, 15) is 9.90 Å². The topological polar surface area (TPSA) is 37.3 Å². The molecule has 0 fully saturated rings. The Labute approximate surface area is 92.1 Å². The van der Waals surface area contributed by atoms with E-state index in [1.807, 2.05) is 30.3 Å². The molecule has 0 amide bonds. The van der Waals surface area contributed by atoms with Gasteiger partial charge in [-0.25, -0.2) is 0 Å². The summed E-state index contributed by atoms with van der Waals surface area (Å²) in [6, 6.07) is 9.17. The summed E-state index contributed by atoms with van der Waals surface area (Å²) in [5.41, 5.74) is 0.760. The highest BCUT2D eigenvalue weighted by Crippen LogP contribution is 2.23. The molecule has 3 heteroatoms. The second-order valence-corrected chi connectivity index (χ2v) is 4.06. The van der Waals surface area contributed by atoms with Crippen molar-refractivity contribution >= 4 is 21.7 Å². The predicted octanol–water partition coefficient (Wildman–Crippen LogP) is 2.46. The van der Waals surface area contributed by atoms with E-state index in [2.05, 4.69) is 15.9 Å². The van der Waals surface area contributed by atoms with Crippen LogP contribution in [0.2, 0.25) is 0 Å². The molecule has 0 aliphatic heterocycles. The van der Waals surface area contributed by atoms with Crippen LogP contribution in [0.25, 0.3) is 0 Å². The van der Waals surface area contributed by atoms with Gasteiger partial charge in [-0.3, -0.25) is 4.79 Å². The number of ketones is 1. The number of halogens is 1. The van der Waals surface area contributed by atoms with Gasteiger partial charge < -0.3 is 5.11 Å². The first-order valence-electron chi connectivity index (χ1n) is 4.56. The molecule has 0 bridgehead atoms. The Hall–Kier alpha value is -0.670. The third-order valence-corrected chi connectivity index (χ3v) is 3.09. The quantitative estimate of drug-likeness (QED) is 0.841. The Morgan fingerprint density at radius 2 is 2.00 bits per heavy atom. The molecule has 0 aliphatic rings. The van der Waals surface area contributed by atoms with Crippen LogP contribution in [-0.4, -0.2) is 15.7 Å². The number of alkyl halides is 1. The number of aliphatic hydroxyl groups excluding tert-OH is 1. The summed E-state index contributed by atoms with van der Waals surface area (Å²) < 4.78 is 0. The van der Waals surface area contributed by atoms with Crippen LogP contribution in [0, 0.1) is 0 Å². The summed E-state index contributed by atoms with van der Waals surface area (Å²) in [7, 11) is 0. The smallest absolute Gasteiger partial charge is 0.149 e. The zero-order valence-corrected chi connectivity index (χ0v) is 9.57. The van der Waals surface area contributed by atoms with Crippen LogP contribution in [0.5, 0.6) is 0 Å². The van der Waals surface area contributed by atoms with Gasteiger partial charge in [-0.05, 0) is 5.56 Å². The van der Waals surface area contributed by atoms with E-state index in [0.717, 1.165) is 5.56 Å². The van der Waals surface area contributed by atoms with E-state index >= 15 is 0 Å². The van der Waals surface area contributed by atoms with Gasteiger partial charge in [0.25, 0.3) is 0 Å². The van der Waals surface area contributed by atoms with Crippen LogP contribution < -0.4 is 0 Å². The Kier molecular flexibility index (Phi) is 4.29. The molecule has 0 saturated carbocycles. The standard InChI is InChI=1S/C11H13BrO2/c1-2-9(13)10(12)11(14)8-6-4-3-5-7-8/h3-7,10-11,14H,2H2,1H3/t10?,11-/m1/s1. The Morgan fingerprint density at radius 1 is 1.43 bits per heavy atom. The van der Waals surface area contributed by atoms with Gasteiger partial charge in [0.1, 0.15) is 10.6 Å². The molecular weight excluding hydrogens is 244 g/mol. The molecule has 2 atom stereocenters. The SMILES string of the molecule is CCC(=O)C(Br)[C@H](O)c1ccccc1. The van der Waals surface area contributed by atoms with Crippen molar-refractivity contribution in [3.63, 3.8) is 0 Å². The molecule has 1 aromatic carbocycles. The van der Waals surface area contributed by atoms with Gasteiger partial charge in [-0.2, -0.15) is 0 Å². The summed E-state index contributed by atoms with van der Waals surface area (Å²) in [6.07, 6.45) is -0.330. The lowest BCUT2D eigenvalue weighted by Gasteiger charge is -2.15. The zero-order chi connectivity index (χ0) is 10.6. The second kappa shape index (κ2) is 5.27. The number of hydrogen-bond acceptors (Lipinski definition) is 2. The van der Waals surface area contributed by atoms with Gasteiger partial charge in [0.2, 0.25) is 0 Å². The fourth-order valence-corrected chi connectivity index (χ4v) is 1.82. The number of carbonyl (C=O) groups excluding carboxylic acids is 1. The van der Waals surface area contributed by atoms with Crippen LogP contribution in [0.4, 0.5) is 0 Å². The van der Waals surface area contributed by atoms with Crippen LogP contribution in [0.1, 0.15) is 25.0 Å². The van der Waals surface area contributed by atoms with E-state index < -0.39 is 10.9 Å². The third kappa shape index (κ3) is 2.66. The molecule has 1 unspecified atom stereocenters. The van der Waals surface area contributed by atoms with E-state index in [0.29, 0.717) is 6.42 Å². The minimum Gasteiger partial charge on any atom is -0.387 e. The van der Waals surface area contributed by atoms with Crippen molar-refractivity contribution in [2.75, 3.05) is 0 Å². The maximum atomic E-state index is 11.3. The predicted molar refractivity (Wildman–Crippen MR) is 59.4 cm³/mol. The van der Waals surface area contributed by atoms with Gasteiger partial charge in [0.15, 0.2) is 0 Å². The van der Waals surface area contributed by atoms with E-state index in [-0.39, 0.29) is 5.78 Å². The molecule has 0 spiro atoms. The minimum absolute atomic E-state index is 0.0151. The van der Waals surface area contributed by atoms with E-state index in [1.54, 1.807) is 6.92 Å². The highest BCUT2D eigenvalue weighted by Gasteiger charge is 2.23. The maximum Gasteiger partial charge on any atom is 0.149 e. The molecule has 0 aliphatic carbocycles. The summed E-state index contributed by atoms with van der Waals surface area (Å²) in [4.78, 5) is 10.8. The highest BCUT2D eigenvalue weighted by atomic mass is 79.9. The van der Waals surface area contributed by atoms with Crippen LogP contribution in [-0.2, 0) is 4.79 Å². The van der Waals surface area contributed by atoms with Gasteiger partial charge in [0.05, 0.1) is 6.10 Å². The molecule has 0 saturated heterocycles. The van der Waals surface area contributed by atoms with Crippen molar-refractivity contribution in [1.82, 2.24) is 0 Å². The summed E-state index contributed by atoms with van der Waals surface area (Å²) in [6.45, 7) is 1.79. The van der Waals surface area contributed by atoms with Gasteiger partial charge in [-0.1, -0.05) is 53.2 Å². The summed E-state index contributed by atoms with van der Waals surface area (Å²) >= 11 is 3.21. The third-order valence-electron chi connectivity index (χ3n) is 2.07. The first kappa shape index (κ1) is 11.4. The molecule has 76 valence electrons. The monoisotopic (exact) mass is 256 g/mol. The first-order chi connectivity index (χ1) is 6.66. The number of rotatable bonds is 4. The Morgan fingerprint density at radius 3 is 2.50 bits per heavy atom. The Bertz CT molecular complexity index is 297. The summed E-state index contributed by atoms with van der Waals surface area (Å²) in [5.74, 6) is 0.0151. The average Bonchev–Trinajstić information content (AvgIpc) is 2.27. The van der Waals surface area contributed by atoms with Gasteiger partial charge in [-0.15, -0.1) is 0 Å². The number of Topliss-reactive ketones (excluding diaryl/α,β-unsaturated/α-hetero) is 1. The van der Waals surface area contributed by atoms with Crippen molar-refractivity contribution in [1.29, 1.82) is 0 Å². The first-order valence-corrected chi connectivity index (χ1v) is 5.48. The lowest BCUT2D eigenvalue weighted by molar-refractivity contribution is -0.119. The molecule has 0 aromatic heterocycles. The van der Waals surface area contributed by atoms with Gasteiger partial charge in [0, 0.05) is 6.42 Å². The van der Waals surface area contributed by atoms with Crippen LogP contribution in [0.3, 0.4) is 0 Å². The normalized spacial score (nSPS) is 14.8.